The van der Waals surface area contributed by atoms with Crippen LogP contribution in [-0.2, 0) is 4.79 Å². The largest absolute Gasteiger partial charge is 0.481 e. The Morgan fingerprint density at radius 3 is 2.52 bits per heavy atom. The van der Waals surface area contributed by atoms with Crippen LogP contribution in [0.3, 0.4) is 0 Å². The van der Waals surface area contributed by atoms with E-state index in [2.05, 4.69) is 44.3 Å². The van der Waals surface area contributed by atoms with Crippen molar-refractivity contribution in [1.82, 2.24) is 10.2 Å². The summed E-state index contributed by atoms with van der Waals surface area (Å²) in [5, 5.41) is 3.48. The van der Waals surface area contributed by atoms with E-state index in [-0.39, 0.29) is 5.91 Å². The number of ether oxygens (including phenoxy) is 1. The summed E-state index contributed by atoms with van der Waals surface area (Å²) >= 11 is 0. The van der Waals surface area contributed by atoms with Gasteiger partial charge in [-0.3, -0.25) is 4.79 Å². The normalized spacial score (nSPS) is 20.9. The van der Waals surface area contributed by atoms with E-state index in [1.165, 1.54) is 12.0 Å². The molecule has 2 aliphatic rings. The van der Waals surface area contributed by atoms with E-state index in [0.29, 0.717) is 11.3 Å². The number of hydrogen-bond acceptors (Lipinski definition) is 3. The minimum Gasteiger partial charge on any atom is -0.481 e. The molecule has 138 valence electrons. The first-order chi connectivity index (χ1) is 11.9. The fourth-order valence-corrected chi connectivity index (χ4v) is 4.14. The van der Waals surface area contributed by atoms with Crippen molar-refractivity contribution < 1.29 is 9.53 Å². The second-order valence-corrected chi connectivity index (χ2v) is 8.21. The Bertz CT molecular complexity index is 610. The number of benzene rings is 1. The number of likely N-dealkylation sites (tertiary alicyclic amines) is 1. The number of nitrogens with one attached hydrogen (secondary N) is 1. The minimum atomic E-state index is -0.435. The molecule has 1 spiro atoms. The lowest BCUT2D eigenvalue weighted by molar-refractivity contribution is -0.140. The second kappa shape index (κ2) is 7.36. The number of nitrogens with zero attached hydrogens (tertiary/aromatic N) is 1. The molecule has 2 fully saturated rings. The Hall–Kier alpha value is -1.55. The molecule has 4 heteroatoms. The van der Waals surface area contributed by atoms with Crippen molar-refractivity contribution in [3.8, 4) is 5.75 Å². The first-order valence-corrected chi connectivity index (χ1v) is 9.67. The van der Waals surface area contributed by atoms with E-state index in [0.717, 1.165) is 50.3 Å². The lowest BCUT2D eigenvalue weighted by Gasteiger charge is -2.39. The Morgan fingerprint density at radius 2 is 1.92 bits per heavy atom. The maximum atomic E-state index is 12.9. The highest BCUT2D eigenvalue weighted by atomic mass is 16.5. The smallest absolute Gasteiger partial charge is 0.263 e. The highest BCUT2D eigenvalue weighted by molar-refractivity contribution is 5.81. The summed E-state index contributed by atoms with van der Waals surface area (Å²) in [5.74, 6) is 1.35. The highest BCUT2D eigenvalue weighted by Gasteiger charge is 2.39. The van der Waals surface area contributed by atoms with Gasteiger partial charge in [0.25, 0.3) is 5.91 Å². The van der Waals surface area contributed by atoms with Gasteiger partial charge >= 0.3 is 0 Å². The van der Waals surface area contributed by atoms with Gasteiger partial charge in [-0.25, -0.2) is 0 Å². The minimum absolute atomic E-state index is 0.122. The standard InChI is InChI=1S/C21H32N2O2/c1-15(2)18-6-5-16(3)13-19(18)25-17(4)20(24)23-11-8-21(9-12-23)7-10-22-14-21/h5-6,13,15,17,22H,7-12,14H2,1-4H3. The van der Waals surface area contributed by atoms with Crippen molar-refractivity contribution in [3.05, 3.63) is 29.3 Å². The number of rotatable bonds is 4. The van der Waals surface area contributed by atoms with Gasteiger partial charge in [-0.15, -0.1) is 0 Å². The van der Waals surface area contributed by atoms with Gasteiger partial charge < -0.3 is 15.0 Å². The maximum Gasteiger partial charge on any atom is 0.263 e. The Labute approximate surface area is 151 Å². The molecule has 1 aromatic rings. The molecule has 2 heterocycles. The van der Waals surface area contributed by atoms with Crippen LogP contribution in [0.4, 0.5) is 0 Å². The molecule has 2 saturated heterocycles. The van der Waals surface area contributed by atoms with Gasteiger partial charge in [-0.2, -0.15) is 0 Å². The molecular weight excluding hydrogens is 312 g/mol. The van der Waals surface area contributed by atoms with E-state index >= 15 is 0 Å². The third-order valence-corrected chi connectivity index (χ3v) is 5.91. The van der Waals surface area contributed by atoms with Crippen LogP contribution in [0.25, 0.3) is 0 Å². The number of piperidine rings is 1. The van der Waals surface area contributed by atoms with Crippen molar-refractivity contribution in [2.75, 3.05) is 26.2 Å². The van der Waals surface area contributed by atoms with Crippen LogP contribution in [0.5, 0.6) is 5.75 Å². The van der Waals surface area contributed by atoms with Crippen molar-refractivity contribution in [3.63, 3.8) is 0 Å². The van der Waals surface area contributed by atoms with Crippen LogP contribution in [0.15, 0.2) is 18.2 Å². The average molecular weight is 344 g/mol. The van der Waals surface area contributed by atoms with Gasteiger partial charge in [0.15, 0.2) is 6.10 Å². The quantitative estimate of drug-likeness (QED) is 0.909. The van der Waals surface area contributed by atoms with Gasteiger partial charge in [0, 0.05) is 19.6 Å². The monoisotopic (exact) mass is 344 g/mol. The van der Waals surface area contributed by atoms with Crippen molar-refractivity contribution in [1.29, 1.82) is 0 Å². The number of carbonyl (C=O) groups excluding carboxylic acids is 1. The van der Waals surface area contributed by atoms with Gasteiger partial charge in [0.2, 0.25) is 0 Å². The topological polar surface area (TPSA) is 41.6 Å². The summed E-state index contributed by atoms with van der Waals surface area (Å²) in [7, 11) is 0. The van der Waals surface area contributed by atoms with Crippen molar-refractivity contribution >= 4 is 5.91 Å². The molecule has 3 rings (SSSR count). The summed E-state index contributed by atoms with van der Waals surface area (Å²) in [6.45, 7) is 12.2. The van der Waals surface area contributed by atoms with Crippen LogP contribution in [0, 0.1) is 12.3 Å². The van der Waals surface area contributed by atoms with Crippen LogP contribution in [0.2, 0.25) is 0 Å². The molecule has 1 atom stereocenters. The van der Waals surface area contributed by atoms with E-state index in [4.69, 9.17) is 4.74 Å². The predicted molar refractivity (Wildman–Crippen MR) is 101 cm³/mol. The van der Waals surface area contributed by atoms with Crippen LogP contribution >= 0.6 is 0 Å². The predicted octanol–water partition coefficient (Wildman–Crippen LogP) is 3.49. The Kier molecular flexibility index (Phi) is 5.38. The molecule has 1 aromatic carbocycles. The van der Waals surface area contributed by atoms with E-state index in [9.17, 15) is 4.79 Å². The second-order valence-electron chi connectivity index (χ2n) is 8.21. The molecule has 1 amide bonds. The molecule has 25 heavy (non-hydrogen) atoms. The van der Waals surface area contributed by atoms with Crippen LogP contribution in [0.1, 0.15) is 57.1 Å². The van der Waals surface area contributed by atoms with E-state index in [1.807, 2.05) is 11.8 Å². The molecule has 1 unspecified atom stereocenters. The Balaban J connectivity index is 1.63. The molecule has 2 aliphatic heterocycles. The van der Waals surface area contributed by atoms with E-state index < -0.39 is 6.10 Å². The summed E-state index contributed by atoms with van der Waals surface area (Å²) in [6.07, 6.45) is 3.04. The third-order valence-electron chi connectivity index (χ3n) is 5.91. The number of aryl methyl sites for hydroxylation is 1. The zero-order chi connectivity index (χ0) is 18.0. The highest BCUT2D eigenvalue weighted by Crippen LogP contribution is 2.37. The summed E-state index contributed by atoms with van der Waals surface area (Å²) in [5.41, 5.74) is 2.76. The summed E-state index contributed by atoms with van der Waals surface area (Å²) < 4.78 is 6.12. The first kappa shape index (κ1) is 18.2. The molecule has 0 saturated carbocycles. The molecule has 0 aliphatic carbocycles. The van der Waals surface area contributed by atoms with Gasteiger partial charge in [0.05, 0.1) is 0 Å². The number of hydrogen-bond donors (Lipinski definition) is 1. The lowest BCUT2D eigenvalue weighted by Crippen LogP contribution is -2.48. The lowest BCUT2D eigenvalue weighted by atomic mass is 9.78. The molecular formula is C21H32N2O2. The van der Waals surface area contributed by atoms with Crippen molar-refractivity contribution in [2.24, 2.45) is 5.41 Å². The van der Waals surface area contributed by atoms with Crippen LogP contribution in [-0.4, -0.2) is 43.1 Å². The molecule has 0 bridgehead atoms. The van der Waals surface area contributed by atoms with Crippen molar-refractivity contribution in [2.45, 2.75) is 59.0 Å². The Morgan fingerprint density at radius 1 is 1.20 bits per heavy atom. The average Bonchev–Trinajstić information content (AvgIpc) is 3.03. The van der Waals surface area contributed by atoms with Crippen LogP contribution < -0.4 is 10.1 Å². The first-order valence-electron chi connectivity index (χ1n) is 9.67. The summed E-state index contributed by atoms with van der Waals surface area (Å²) in [6, 6.07) is 6.27. The van der Waals surface area contributed by atoms with Gasteiger partial charge in [0.1, 0.15) is 5.75 Å². The van der Waals surface area contributed by atoms with E-state index in [1.54, 1.807) is 0 Å². The SMILES string of the molecule is Cc1ccc(C(C)C)c(OC(C)C(=O)N2CCC3(CCNC3)CC2)c1. The molecule has 1 N–H and O–H groups in total. The molecule has 0 aromatic heterocycles. The molecule has 4 nitrogen and oxygen atoms in total. The zero-order valence-corrected chi connectivity index (χ0v) is 16.1. The van der Waals surface area contributed by atoms with Gasteiger partial charge in [-0.05, 0) is 68.2 Å². The molecule has 0 radical (unpaired) electrons. The zero-order valence-electron chi connectivity index (χ0n) is 16.1. The van der Waals surface area contributed by atoms with Gasteiger partial charge in [-0.1, -0.05) is 26.0 Å². The number of amides is 1. The summed E-state index contributed by atoms with van der Waals surface area (Å²) in [4.78, 5) is 14.9. The fraction of sp³-hybridized carbons (Fsp3) is 0.667. The third kappa shape index (κ3) is 4.00. The fourth-order valence-electron chi connectivity index (χ4n) is 4.14. The number of carbonyl (C=O) groups is 1. The maximum absolute atomic E-state index is 12.9.